The minimum absolute atomic E-state index is 0.201. The SMILES string of the molecule is C[C@@H](NS(=O)(=O)N1CCOCC1)c1ccc2c(c1)OCO2. The molecule has 2 heterocycles. The van der Waals surface area contributed by atoms with Crippen molar-refractivity contribution in [3.63, 3.8) is 0 Å². The van der Waals surface area contributed by atoms with Gasteiger partial charge in [-0.25, -0.2) is 0 Å². The predicted molar refractivity (Wildman–Crippen MR) is 75.4 cm³/mol. The molecule has 0 radical (unpaired) electrons. The van der Waals surface area contributed by atoms with Gasteiger partial charge < -0.3 is 14.2 Å². The molecule has 0 spiro atoms. The Morgan fingerprint density at radius 2 is 1.90 bits per heavy atom. The van der Waals surface area contributed by atoms with E-state index in [1.807, 2.05) is 6.07 Å². The fourth-order valence-corrected chi connectivity index (χ4v) is 3.70. The summed E-state index contributed by atoms with van der Waals surface area (Å²) in [5.74, 6) is 1.33. The van der Waals surface area contributed by atoms with E-state index in [0.29, 0.717) is 37.8 Å². The highest BCUT2D eigenvalue weighted by Crippen LogP contribution is 2.34. The average molecular weight is 314 g/mol. The number of rotatable bonds is 4. The van der Waals surface area contributed by atoms with Gasteiger partial charge in [-0.2, -0.15) is 17.4 Å². The lowest BCUT2D eigenvalue weighted by Crippen LogP contribution is -2.47. The van der Waals surface area contributed by atoms with E-state index in [1.54, 1.807) is 19.1 Å². The molecule has 1 saturated heterocycles. The van der Waals surface area contributed by atoms with Crippen LogP contribution in [-0.2, 0) is 14.9 Å². The lowest BCUT2D eigenvalue weighted by atomic mass is 10.1. The Balaban J connectivity index is 1.71. The molecule has 0 unspecified atom stereocenters. The highest BCUT2D eigenvalue weighted by molar-refractivity contribution is 7.87. The van der Waals surface area contributed by atoms with Crippen LogP contribution >= 0.6 is 0 Å². The largest absolute Gasteiger partial charge is 0.454 e. The summed E-state index contributed by atoms with van der Waals surface area (Å²) in [5.41, 5.74) is 0.830. The number of ether oxygens (including phenoxy) is 3. The zero-order chi connectivity index (χ0) is 14.9. The summed E-state index contributed by atoms with van der Waals surface area (Å²) in [5, 5.41) is 0. The summed E-state index contributed by atoms with van der Waals surface area (Å²) in [6.07, 6.45) is 0. The van der Waals surface area contributed by atoms with Gasteiger partial charge in [0.25, 0.3) is 10.2 Å². The first-order valence-corrected chi connectivity index (χ1v) is 8.25. The van der Waals surface area contributed by atoms with Crippen LogP contribution < -0.4 is 14.2 Å². The minimum atomic E-state index is -3.51. The van der Waals surface area contributed by atoms with E-state index in [1.165, 1.54) is 4.31 Å². The van der Waals surface area contributed by atoms with Crippen molar-refractivity contribution in [3.05, 3.63) is 23.8 Å². The smallest absolute Gasteiger partial charge is 0.280 e. The highest BCUT2D eigenvalue weighted by atomic mass is 32.2. The number of hydrogen-bond acceptors (Lipinski definition) is 5. The van der Waals surface area contributed by atoms with E-state index in [-0.39, 0.29) is 12.8 Å². The Morgan fingerprint density at radius 3 is 2.67 bits per heavy atom. The van der Waals surface area contributed by atoms with E-state index in [4.69, 9.17) is 14.2 Å². The first-order valence-electron chi connectivity index (χ1n) is 6.81. The Hall–Kier alpha value is -1.35. The maximum atomic E-state index is 12.3. The monoisotopic (exact) mass is 314 g/mol. The Morgan fingerprint density at radius 1 is 1.19 bits per heavy atom. The van der Waals surface area contributed by atoms with Crippen molar-refractivity contribution in [3.8, 4) is 11.5 Å². The number of hydrogen-bond donors (Lipinski definition) is 1. The van der Waals surface area contributed by atoms with E-state index in [2.05, 4.69) is 4.72 Å². The molecule has 2 aliphatic rings. The van der Waals surface area contributed by atoms with E-state index in [0.717, 1.165) is 5.56 Å². The molecule has 0 aliphatic carbocycles. The van der Waals surface area contributed by atoms with E-state index < -0.39 is 10.2 Å². The van der Waals surface area contributed by atoms with Crippen molar-refractivity contribution in [2.24, 2.45) is 0 Å². The second kappa shape index (κ2) is 5.80. The standard InChI is InChI=1S/C13H18N2O5S/c1-10(11-2-3-12-13(8-11)20-9-19-12)14-21(16,17)15-4-6-18-7-5-15/h2-3,8,10,14H,4-7,9H2,1H3/t10-/m1/s1. The van der Waals surface area contributed by atoms with Crippen LogP contribution in [0.1, 0.15) is 18.5 Å². The molecule has 3 rings (SSSR count). The van der Waals surface area contributed by atoms with Crippen LogP contribution in [0.25, 0.3) is 0 Å². The van der Waals surface area contributed by atoms with E-state index >= 15 is 0 Å². The Kier molecular flexibility index (Phi) is 4.03. The molecule has 1 aromatic carbocycles. The van der Waals surface area contributed by atoms with Crippen molar-refractivity contribution < 1.29 is 22.6 Å². The molecule has 0 bridgehead atoms. The van der Waals surface area contributed by atoms with Crippen LogP contribution in [0.15, 0.2) is 18.2 Å². The maximum Gasteiger partial charge on any atom is 0.280 e. The van der Waals surface area contributed by atoms with Gasteiger partial charge in [-0.15, -0.1) is 0 Å². The molecular weight excluding hydrogens is 296 g/mol. The van der Waals surface area contributed by atoms with Crippen LogP contribution in [0, 0.1) is 0 Å². The van der Waals surface area contributed by atoms with Crippen molar-refractivity contribution in [1.29, 1.82) is 0 Å². The van der Waals surface area contributed by atoms with Gasteiger partial charge in [0.15, 0.2) is 11.5 Å². The number of morpholine rings is 1. The van der Waals surface area contributed by atoms with Gasteiger partial charge in [0, 0.05) is 19.1 Å². The van der Waals surface area contributed by atoms with Gasteiger partial charge in [-0.3, -0.25) is 0 Å². The van der Waals surface area contributed by atoms with Gasteiger partial charge in [-0.1, -0.05) is 6.07 Å². The zero-order valence-electron chi connectivity index (χ0n) is 11.7. The molecule has 2 aliphatic heterocycles. The fourth-order valence-electron chi connectivity index (χ4n) is 2.34. The van der Waals surface area contributed by atoms with Gasteiger partial charge >= 0.3 is 0 Å². The molecule has 1 N–H and O–H groups in total. The Bertz CT molecular complexity index is 613. The molecule has 1 atom stereocenters. The Labute approximate surface area is 124 Å². The summed E-state index contributed by atoms with van der Waals surface area (Å²) >= 11 is 0. The molecule has 8 heteroatoms. The van der Waals surface area contributed by atoms with Crippen LogP contribution in [-0.4, -0.2) is 45.8 Å². The third-order valence-corrected chi connectivity index (χ3v) is 5.23. The van der Waals surface area contributed by atoms with Crippen LogP contribution in [0.4, 0.5) is 0 Å². The second-order valence-corrected chi connectivity index (χ2v) is 6.67. The molecule has 1 fully saturated rings. The van der Waals surface area contributed by atoms with Gasteiger partial charge in [0.2, 0.25) is 6.79 Å². The second-order valence-electron chi connectivity index (χ2n) is 4.97. The van der Waals surface area contributed by atoms with Crippen molar-refractivity contribution >= 4 is 10.2 Å². The summed E-state index contributed by atoms with van der Waals surface area (Å²) in [6, 6.07) is 5.07. The number of nitrogens with one attached hydrogen (secondary N) is 1. The van der Waals surface area contributed by atoms with Crippen molar-refractivity contribution in [1.82, 2.24) is 9.03 Å². The number of nitrogens with zero attached hydrogens (tertiary/aromatic N) is 1. The lowest BCUT2D eigenvalue weighted by Gasteiger charge is -2.27. The van der Waals surface area contributed by atoms with E-state index in [9.17, 15) is 8.42 Å². The topological polar surface area (TPSA) is 77.1 Å². The normalized spacial score (nSPS) is 20.4. The molecule has 7 nitrogen and oxygen atoms in total. The first kappa shape index (κ1) is 14.6. The quantitative estimate of drug-likeness (QED) is 0.882. The predicted octanol–water partition coefficient (Wildman–Crippen LogP) is 0.643. The lowest BCUT2D eigenvalue weighted by molar-refractivity contribution is 0.0723. The highest BCUT2D eigenvalue weighted by Gasteiger charge is 2.26. The summed E-state index contributed by atoms with van der Waals surface area (Å²) < 4.78 is 44.4. The molecule has 0 aromatic heterocycles. The van der Waals surface area contributed by atoms with Gasteiger partial charge in [-0.05, 0) is 24.6 Å². The fraction of sp³-hybridized carbons (Fsp3) is 0.538. The molecule has 0 saturated carbocycles. The summed E-state index contributed by atoms with van der Waals surface area (Å²) in [7, 11) is -3.51. The van der Waals surface area contributed by atoms with Crippen LogP contribution in [0.3, 0.4) is 0 Å². The first-order chi connectivity index (χ1) is 10.1. The average Bonchev–Trinajstić information content (AvgIpc) is 2.95. The van der Waals surface area contributed by atoms with Crippen molar-refractivity contribution in [2.45, 2.75) is 13.0 Å². The van der Waals surface area contributed by atoms with Crippen molar-refractivity contribution in [2.75, 3.05) is 33.1 Å². The molecule has 1 aromatic rings. The van der Waals surface area contributed by atoms with Gasteiger partial charge in [0.05, 0.1) is 13.2 Å². The molecule has 21 heavy (non-hydrogen) atoms. The third kappa shape index (κ3) is 3.13. The molecule has 0 amide bonds. The third-order valence-electron chi connectivity index (χ3n) is 3.53. The minimum Gasteiger partial charge on any atom is -0.454 e. The zero-order valence-corrected chi connectivity index (χ0v) is 12.6. The molecular formula is C13H18N2O5S. The van der Waals surface area contributed by atoms with Crippen LogP contribution in [0.5, 0.6) is 11.5 Å². The maximum absolute atomic E-state index is 12.3. The van der Waals surface area contributed by atoms with Crippen LogP contribution in [0.2, 0.25) is 0 Å². The number of fused-ring (bicyclic) bond motifs is 1. The molecule has 116 valence electrons. The summed E-state index contributed by atoms with van der Waals surface area (Å²) in [4.78, 5) is 0. The van der Waals surface area contributed by atoms with Gasteiger partial charge in [0.1, 0.15) is 0 Å². The number of benzene rings is 1. The summed E-state index contributed by atoms with van der Waals surface area (Å²) in [6.45, 7) is 3.62.